The van der Waals surface area contributed by atoms with Crippen LogP contribution in [-0.2, 0) is 5.54 Å². The third-order valence-electron chi connectivity index (χ3n) is 11.0. The fourth-order valence-electron chi connectivity index (χ4n) is 9.32. The second-order valence-corrected chi connectivity index (χ2v) is 14.1. The number of aliphatic imine (C=N–C) groups is 1. The van der Waals surface area contributed by atoms with Crippen molar-refractivity contribution in [2.75, 3.05) is 10.2 Å². The van der Waals surface area contributed by atoms with Crippen LogP contribution in [0.1, 0.15) is 34.0 Å². The van der Waals surface area contributed by atoms with Crippen LogP contribution in [0, 0.1) is 0 Å². The number of rotatable bonds is 2. The van der Waals surface area contributed by atoms with Gasteiger partial charge in [-0.2, -0.15) is 0 Å². The van der Waals surface area contributed by atoms with Crippen LogP contribution in [0.15, 0.2) is 145 Å². The molecule has 2 atom stereocenters. The maximum Gasteiger partial charge on any atom is 0.152 e. The van der Waals surface area contributed by atoms with Gasteiger partial charge in [-0.1, -0.05) is 121 Å². The number of thiophene rings is 1. The van der Waals surface area contributed by atoms with E-state index in [2.05, 4.69) is 150 Å². The molecule has 0 bridgehead atoms. The smallest absolute Gasteiger partial charge is 0.152 e. The van der Waals surface area contributed by atoms with Crippen LogP contribution in [0.4, 0.5) is 11.4 Å². The third-order valence-corrected chi connectivity index (χ3v) is 12.1. The highest BCUT2D eigenvalue weighted by Gasteiger charge is 2.61. The highest BCUT2D eigenvalue weighted by Crippen LogP contribution is 2.71. The molecule has 1 spiro atoms. The first-order valence-electron chi connectivity index (χ1n) is 16.3. The van der Waals surface area contributed by atoms with Crippen LogP contribution >= 0.6 is 11.3 Å². The summed E-state index contributed by atoms with van der Waals surface area (Å²) in [6.07, 6.45) is -0.261. The van der Waals surface area contributed by atoms with E-state index in [1.54, 1.807) is 0 Å². The lowest BCUT2D eigenvalue weighted by atomic mass is 9.83. The van der Waals surface area contributed by atoms with E-state index < -0.39 is 5.54 Å². The lowest BCUT2D eigenvalue weighted by Crippen LogP contribution is -2.46. The SMILES string of the molecule is c1ccc(C2=NC(N3c4cc5sc6ccccc6c5c5ccc6c(c45)C34c3ccccc3-c3cccc-6c34)c3ccccc3N2)cc1. The van der Waals surface area contributed by atoms with E-state index >= 15 is 0 Å². The van der Waals surface area contributed by atoms with Crippen molar-refractivity contribution < 1.29 is 0 Å². The molecule has 218 valence electrons. The van der Waals surface area contributed by atoms with Gasteiger partial charge in [-0.25, -0.2) is 4.99 Å². The maximum atomic E-state index is 5.69. The molecule has 2 aliphatic heterocycles. The molecule has 0 amide bonds. The predicted molar refractivity (Wildman–Crippen MR) is 196 cm³/mol. The Balaban J connectivity index is 1.28. The Morgan fingerprint density at radius 3 is 2.28 bits per heavy atom. The number of hydrogen-bond donors (Lipinski definition) is 1. The second-order valence-electron chi connectivity index (χ2n) is 13.1. The predicted octanol–water partition coefficient (Wildman–Crippen LogP) is 10.9. The van der Waals surface area contributed by atoms with E-state index in [1.807, 2.05) is 11.3 Å². The highest BCUT2D eigenvalue weighted by atomic mass is 32.1. The zero-order chi connectivity index (χ0) is 30.4. The Morgan fingerprint density at radius 1 is 0.596 bits per heavy atom. The van der Waals surface area contributed by atoms with Gasteiger partial charge in [0.1, 0.15) is 11.4 Å². The number of nitrogens with zero attached hydrogens (tertiary/aromatic N) is 2. The van der Waals surface area contributed by atoms with Crippen molar-refractivity contribution >= 4 is 59.5 Å². The fourth-order valence-corrected chi connectivity index (χ4v) is 10.5. The van der Waals surface area contributed by atoms with E-state index in [-0.39, 0.29) is 6.17 Å². The number of benzene rings is 7. The summed E-state index contributed by atoms with van der Waals surface area (Å²) in [6.45, 7) is 0. The summed E-state index contributed by atoms with van der Waals surface area (Å²) in [4.78, 5) is 8.40. The number of para-hydroxylation sites is 1. The second kappa shape index (κ2) is 8.35. The number of fused-ring (bicyclic) bond motifs is 8. The Bertz CT molecular complexity index is 2740. The first kappa shape index (κ1) is 24.5. The number of amidine groups is 1. The molecule has 2 aliphatic carbocycles. The van der Waals surface area contributed by atoms with Gasteiger partial charge in [0.15, 0.2) is 6.17 Å². The average Bonchev–Trinajstić information content (AvgIpc) is 3.83. The molecule has 1 aromatic heterocycles. The Hall–Kier alpha value is -5.71. The van der Waals surface area contributed by atoms with E-state index in [0.29, 0.717) is 0 Å². The van der Waals surface area contributed by atoms with Crippen LogP contribution in [0.3, 0.4) is 0 Å². The monoisotopic (exact) mass is 615 g/mol. The first-order chi connectivity index (χ1) is 23.3. The molecule has 2 unspecified atom stereocenters. The molecular weight excluding hydrogens is 591 g/mol. The van der Waals surface area contributed by atoms with Crippen LogP contribution in [0.2, 0.25) is 0 Å². The molecule has 0 saturated carbocycles. The number of hydrogen-bond acceptors (Lipinski definition) is 4. The molecule has 1 N–H and O–H groups in total. The van der Waals surface area contributed by atoms with Gasteiger partial charge in [0.2, 0.25) is 0 Å². The van der Waals surface area contributed by atoms with Crippen LogP contribution < -0.4 is 10.2 Å². The van der Waals surface area contributed by atoms with Crippen molar-refractivity contribution in [1.29, 1.82) is 0 Å². The minimum atomic E-state index is -0.501. The average molecular weight is 616 g/mol. The molecule has 4 aliphatic rings. The minimum Gasteiger partial charge on any atom is -0.340 e. The molecule has 4 heteroatoms. The summed E-state index contributed by atoms with van der Waals surface area (Å²) in [5.41, 5.74) is 13.7. The van der Waals surface area contributed by atoms with Crippen LogP contribution in [-0.4, -0.2) is 5.84 Å². The molecule has 8 aromatic rings. The van der Waals surface area contributed by atoms with Crippen molar-refractivity contribution in [2.45, 2.75) is 11.7 Å². The quantitative estimate of drug-likeness (QED) is 0.210. The molecule has 3 heterocycles. The summed E-state index contributed by atoms with van der Waals surface area (Å²) < 4.78 is 2.65. The van der Waals surface area contributed by atoms with E-state index in [9.17, 15) is 0 Å². The van der Waals surface area contributed by atoms with Crippen LogP contribution in [0.25, 0.3) is 53.2 Å². The van der Waals surface area contributed by atoms with Gasteiger partial charge in [0.25, 0.3) is 0 Å². The van der Waals surface area contributed by atoms with Crippen molar-refractivity contribution in [3.63, 3.8) is 0 Å². The standard InChI is InChI=1S/C43H25N3S/c1-2-11-24(12-3-1)41-44-33-19-8-5-14-29(33)42(45-41)46-34-23-36-37(30-15-6-9-20-35(30)47-36)31-22-21-28-27-17-10-16-26-25-13-4-7-18-32(25)43(46,39(26)27)40(28)38(31)34/h1-23,42H,(H,44,45). The van der Waals surface area contributed by atoms with Gasteiger partial charge in [-0.15, -0.1) is 11.3 Å². The molecular formula is C43H25N3S. The van der Waals surface area contributed by atoms with Crippen molar-refractivity contribution in [3.8, 4) is 22.3 Å². The summed E-state index contributed by atoms with van der Waals surface area (Å²) >= 11 is 1.90. The number of nitrogens with one attached hydrogen (secondary N) is 1. The van der Waals surface area contributed by atoms with E-state index in [1.165, 1.54) is 81.1 Å². The third kappa shape index (κ3) is 2.76. The van der Waals surface area contributed by atoms with Gasteiger partial charge in [-0.05, 0) is 51.4 Å². The van der Waals surface area contributed by atoms with Gasteiger partial charge < -0.3 is 10.2 Å². The molecule has 0 fully saturated rings. The number of anilines is 2. The Labute approximate surface area is 275 Å². The molecule has 3 nitrogen and oxygen atoms in total. The van der Waals surface area contributed by atoms with Crippen molar-refractivity contribution in [2.24, 2.45) is 4.99 Å². The topological polar surface area (TPSA) is 27.6 Å². The first-order valence-corrected chi connectivity index (χ1v) is 17.1. The van der Waals surface area contributed by atoms with Gasteiger partial charge in [-0.3, -0.25) is 0 Å². The van der Waals surface area contributed by atoms with E-state index in [0.717, 1.165) is 17.1 Å². The normalized spacial score (nSPS) is 19.2. The van der Waals surface area contributed by atoms with Crippen molar-refractivity contribution in [3.05, 3.63) is 167 Å². The molecule has 7 aromatic carbocycles. The molecule has 0 saturated heterocycles. The van der Waals surface area contributed by atoms with Gasteiger partial charge >= 0.3 is 0 Å². The Kier molecular flexibility index (Phi) is 4.36. The zero-order valence-corrected chi connectivity index (χ0v) is 26.0. The molecule has 0 radical (unpaired) electrons. The summed E-state index contributed by atoms with van der Waals surface area (Å²) in [5.74, 6) is 0.902. The summed E-state index contributed by atoms with van der Waals surface area (Å²) in [6, 6.07) is 51.5. The maximum absolute atomic E-state index is 5.69. The van der Waals surface area contributed by atoms with Gasteiger partial charge in [0.05, 0.1) is 0 Å². The Morgan fingerprint density at radius 2 is 1.34 bits per heavy atom. The summed E-state index contributed by atoms with van der Waals surface area (Å²) in [5, 5.41) is 9.12. The fraction of sp³-hybridized carbons (Fsp3) is 0.0465. The largest absolute Gasteiger partial charge is 0.340 e. The molecule has 47 heavy (non-hydrogen) atoms. The van der Waals surface area contributed by atoms with Gasteiger partial charge in [0, 0.05) is 59.2 Å². The zero-order valence-electron chi connectivity index (χ0n) is 25.2. The van der Waals surface area contributed by atoms with Crippen LogP contribution in [0.5, 0.6) is 0 Å². The van der Waals surface area contributed by atoms with E-state index in [4.69, 9.17) is 4.99 Å². The highest BCUT2D eigenvalue weighted by molar-refractivity contribution is 7.26. The lowest BCUT2D eigenvalue weighted by molar-refractivity contribution is 0.523. The summed E-state index contributed by atoms with van der Waals surface area (Å²) in [7, 11) is 0. The molecule has 12 rings (SSSR count). The van der Waals surface area contributed by atoms with Crippen molar-refractivity contribution in [1.82, 2.24) is 0 Å². The lowest BCUT2D eigenvalue weighted by Gasteiger charge is -2.44. The minimum absolute atomic E-state index is 0.261.